The Morgan fingerprint density at radius 1 is 1.26 bits per heavy atom. The van der Waals surface area contributed by atoms with Crippen molar-refractivity contribution in [3.05, 3.63) is 35.1 Å². The van der Waals surface area contributed by atoms with E-state index >= 15 is 0 Å². The van der Waals surface area contributed by atoms with Gasteiger partial charge in [-0.3, -0.25) is 4.79 Å². The first-order valence-corrected chi connectivity index (χ1v) is 7.25. The molecule has 0 spiro atoms. The van der Waals surface area contributed by atoms with Crippen LogP contribution in [-0.4, -0.2) is 5.78 Å². The monoisotopic (exact) mass is 262 g/mol. The molecule has 0 bridgehead atoms. The number of hydrogen-bond donors (Lipinski definition) is 0. The van der Waals surface area contributed by atoms with Gasteiger partial charge < -0.3 is 0 Å². The van der Waals surface area contributed by atoms with Gasteiger partial charge in [-0.1, -0.05) is 26.7 Å². The summed E-state index contributed by atoms with van der Waals surface area (Å²) < 4.78 is 13.5. The standard InChI is InChI=1S/C17H23FO/c1-12(2)11-17(6-4-5-7-17)16(19)14-8-13(3)9-15(18)10-14/h8-10,12H,4-7,11H2,1-3H3. The van der Waals surface area contributed by atoms with Gasteiger partial charge in [0, 0.05) is 11.0 Å². The Morgan fingerprint density at radius 2 is 1.89 bits per heavy atom. The van der Waals surface area contributed by atoms with Gasteiger partial charge in [-0.2, -0.15) is 0 Å². The maximum Gasteiger partial charge on any atom is 0.169 e. The lowest BCUT2D eigenvalue weighted by molar-refractivity contribution is 0.0759. The van der Waals surface area contributed by atoms with Crippen LogP contribution >= 0.6 is 0 Å². The molecule has 0 radical (unpaired) electrons. The largest absolute Gasteiger partial charge is 0.294 e. The second kappa shape index (κ2) is 5.44. The number of Topliss-reactive ketones (excluding diaryl/α,β-unsaturated/α-hetero) is 1. The molecule has 1 nitrogen and oxygen atoms in total. The van der Waals surface area contributed by atoms with Crippen molar-refractivity contribution in [3.8, 4) is 0 Å². The van der Waals surface area contributed by atoms with Crippen LogP contribution < -0.4 is 0 Å². The minimum absolute atomic E-state index is 0.154. The molecule has 104 valence electrons. The van der Waals surface area contributed by atoms with Crippen LogP contribution in [0.3, 0.4) is 0 Å². The molecule has 1 aliphatic carbocycles. The van der Waals surface area contributed by atoms with Crippen LogP contribution in [0.15, 0.2) is 18.2 Å². The van der Waals surface area contributed by atoms with Gasteiger partial charge in [0.1, 0.15) is 5.82 Å². The highest BCUT2D eigenvalue weighted by Gasteiger charge is 2.41. The van der Waals surface area contributed by atoms with Gasteiger partial charge in [-0.15, -0.1) is 0 Å². The van der Waals surface area contributed by atoms with E-state index < -0.39 is 0 Å². The third-order valence-corrected chi connectivity index (χ3v) is 4.15. The summed E-state index contributed by atoms with van der Waals surface area (Å²) in [4.78, 5) is 12.8. The molecule has 0 unspecified atom stereocenters. The van der Waals surface area contributed by atoms with E-state index in [1.165, 1.54) is 12.1 Å². The molecular formula is C17H23FO. The summed E-state index contributed by atoms with van der Waals surface area (Å²) in [7, 11) is 0. The van der Waals surface area contributed by atoms with Crippen LogP contribution in [0.25, 0.3) is 0 Å². The molecule has 0 N–H and O–H groups in total. The Bertz CT molecular complexity index is 450. The molecule has 0 amide bonds. The lowest BCUT2D eigenvalue weighted by Crippen LogP contribution is -2.30. The van der Waals surface area contributed by atoms with Crippen LogP contribution in [0.1, 0.15) is 61.9 Å². The van der Waals surface area contributed by atoms with E-state index in [9.17, 15) is 9.18 Å². The second-order valence-electron chi connectivity index (χ2n) is 6.43. The number of benzene rings is 1. The average Bonchev–Trinajstić information content (AvgIpc) is 2.75. The van der Waals surface area contributed by atoms with Crippen molar-refractivity contribution in [3.63, 3.8) is 0 Å². The topological polar surface area (TPSA) is 17.1 Å². The molecule has 0 heterocycles. The summed E-state index contributed by atoms with van der Waals surface area (Å²) >= 11 is 0. The molecule has 19 heavy (non-hydrogen) atoms. The van der Waals surface area contributed by atoms with E-state index in [0.717, 1.165) is 37.7 Å². The van der Waals surface area contributed by atoms with Crippen molar-refractivity contribution >= 4 is 5.78 Å². The Hall–Kier alpha value is -1.18. The zero-order valence-corrected chi connectivity index (χ0v) is 12.1. The van der Waals surface area contributed by atoms with Gasteiger partial charge >= 0.3 is 0 Å². The lowest BCUT2D eigenvalue weighted by atomic mass is 9.73. The van der Waals surface area contributed by atoms with Crippen molar-refractivity contribution in [2.45, 2.75) is 52.9 Å². The van der Waals surface area contributed by atoms with Crippen LogP contribution in [0.2, 0.25) is 0 Å². The third kappa shape index (κ3) is 3.05. The summed E-state index contributed by atoms with van der Waals surface area (Å²) in [5, 5.41) is 0. The highest BCUT2D eigenvalue weighted by Crippen LogP contribution is 2.45. The normalized spacial score (nSPS) is 17.9. The lowest BCUT2D eigenvalue weighted by Gasteiger charge is -2.29. The first-order valence-electron chi connectivity index (χ1n) is 7.25. The summed E-state index contributed by atoms with van der Waals surface area (Å²) in [6.07, 6.45) is 5.07. The molecule has 2 heteroatoms. The molecule has 1 fully saturated rings. The summed E-state index contributed by atoms with van der Waals surface area (Å²) in [5.41, 5.74) is 1.13. The van der Waals surface area contributed by atoms with Crippen molar-refractivity contribution in [2.75, 3.05) is 0 Å². The molecule has 1 aromatic rings. The Labute approximate surface area is 115 Å². The number of carbonyl (C=O) groups is 1. The van der Waals surface area contributed by atoms with E-state index in [2.05, 4.69) is 13.8 Å². The van der Waals surface area contributed by atoms with E-state index in [4.69, 9.17) is 0 Å². The minimum atomic E-state index is -0.305. The summed E-state index contributed by atoms with van der Waals surface area (Å²) in [5.74, 6) is 0.346. The van der Waals surface area contributed by atoms with Crippen LogP contribution in [0, 0.1) is 24.1 Å². The predicted molar refractivity (Wildman–Crippen MR) is 75.8 cm³/mol. The van der Waals surface area contributed by atoms with Gasteiger partial charge in [0.25, 0.3) is 0 Å². The van der Waals surface area contributed by atoms with Crippen LogP contribution in [-0.2, 0) is 0 Å². The number of carbonyl (C=O) groups excluding carboxylic acids is 1. The molecule has 2 rings (SSSR count). The van der Waals surface area contributed by atoms with Crippen molar-refractivity contribution in [1.82, 2.24) is 0 Å². The highest BCUT2D eigenvalue weighted by molar-refractivity contribution is 6.00. The number of halogens is 1. The molecule has 0 atom stereocenters. The fourth-order valence-electron chi connectivity index (χ4n) is 3.53. The van der Waals surface area contributed by atoms with Crippen molar-refractivity contribution in [2.24, 2.45) is 11.3 Å². The van der Waals surface area contributed by atoms with Crippen molar-refractivity contribution < 1.29 is 9.18 Å². The Morgan fingerprint density at radius 3 is 2.42 bits per heavy atom. The quantitative estimate of drug-likeness (QED) is 0.704. The van der Waals surface area contributed by atoms with Crippen molar-refractivity contribution in [1.29, 1.82) is 0 Å². The van der Waals surface area contributed by atoms with E-state index in [1.54, 1.807) is 0 Å². The maximum absolute atomic E-state index is 13.5. The van der Waals surface area contributed by atoms with E-state index in [1.807, 2.05) is 13.0 Å². The number of ketones is 1. The van der Waals surface area contributed by atoms with Gasteiger partial charge in [0.15, 0.2) is 5.78 Å². The van der Waals surface area contributed by atoms with Gasteiger partial charge in [-0.05, 0) is 55.9 Å². The fraction of sp³-hybridized carbons (Fsp3) is 0.588. The van der Waals surface area contributed by atoms with Crippen LogP contribution in [0.5, 0.6) is 0 Å². The third-order valence-electron chi connectivity index (χ3n) is 4.15. The Kier molecular flexibility index (Phi) is 4.07. The smallest absolute Gasteiger partial charge is 0.169 e. The number of hydrogen-bond acceptors (Lipinski definition) is 1. The highest BCUT2D eigenvalue weighted by atomic mass is 19.1. The molecule has 1 aliphatic rings. The predicted octanol–water partition coefficient (Wildman–Crippen LogP) is 4.92. The zero-order valence-electron chi connectivity index (χ0n) is 12.1. The molecule has 1 aromatic carbocycles. The number of aryl methyl sites for hydroxylation is 1. The number of rotatable bonds is 4. The summed E-state index contributed by atoms with van der Waals surface area (Å²) in [6.45, 7) is 6.15. The maximum atomic E-state index is 13.5. The SMILES string of the molecule is Cc1cc(F)cc(C(=O)C2(CC(C)C)CCCC2)c1. The van der Waals surface area contributed by atoms with E-state index in [0.29, 0.717) is 11.5 Å². The van der Waals surface area contributed by atoms with Gasteiger partial charge in [0.05, 0.1) is 0 Å². The first kappa shape index (κ1) is 14.2. The molecule has 0 saturated heterocycles. The zero-order chi connectivity index (χ0) is 14.0. The fourth-order valence-corrected chi connectivity index (χ4v) is 3.53. The van der Waals surface area contributed by atoms with Gasteiger partial charge in [-0.25, -0.2) is 4.39 Å². The average molecular weight is 262 g/mol. The molecule has 0 aromatic heterocycles. The Balaban J connectivity index is 2.34. The molecular weight excluding hydrogens is 239 g/mol. The first-order chi connectivity index (χ1) is 8.93. The minimum Gasteiger partial charge on any atom is -0.294 e. The molecule has 0 aliphatic heterocycles. The second-order valence-corrected chi connectivity index (χ2v) is 6.43. The molecule has 1 saturated carbocycles. The van der Waals surface area contributed by atoms with E-state index in [-0.39, 0.29) is 17.0 Å². The van der Waals surface area contributed by atoms with Crippen LogP contribution in [0.4, 0.5) is 4.39 Å². The van der Waals surface area contributed by atoms with Gasteiger partial charge in [0.2, 0.25) is 0 Å². The summed E-state index contributed by atoms with van der Waals surface area (Å²) in [6, 6.07) is 4.70.